The number of hydrogen-bond donors (Lipinski definition) is 2. The molecule has 0 aliphatic carbocycles. The number of nitrogens with one attached hydrogen (secondary N) is 2. The summed E-state index contributed by atoms with van der Waals surface area (Å²) >= 11 is 0. The van der Waals surface area contributed by atoms with Crippen LogP contribution in [0.3, 0.4) is 0 Å². The zero-order valence-electron chi connectivity index (χ0n) is 16.2. The first-order chi connectivity index (χ1) is 14.3. The Hall–Kier alpha value is -3.19. The van der Waals surface area contributed by atoms with Gasteiger partial charge in [-0.1, -0.05) is 18.2 Å². The zero-order valence-corrected chi connectivity index (χ0v) is 16.2. The first-order valence-corrected chi connectivity index (χ1v) is 10.2. The van der Waals surface area contributed by atoms with Crippen LogP contribution in [0.15, 0.2) is 59.8 Å². The molecule has 0 radical (unpaired) electrons. The van der Waals surface area contributed by atoms with Gasteiger partial charge in [0.05, 0.1) is 23.8 Å². The highest BCUT2D eigenvalue weighted by Gasteiger charge is 2.16. The second-order valence-corrected chi connectivity index (χ2v) is 7.56. The summed E-state index contributed by atoms with van der Waals surface area (Å²) in [6.07, 6.45) is 8.54. The molecule has 7 heteroatoms. The molecule has 0 unspecified atom stereocenters. The van der Waals surface area contributed by atoms with Crippen LogP contribution in [0.2, 0.25) is 0 Å². The fraction of sp³-hybridized carbons (Fsp3) is 0.318. The van der Waals surface area contributed by atoms with Crippen LogP contribution in [-0.4, -0.2) is 38.3 Å². The van der Waals surface area contributed by atoms with Crippen LogP contribution < -0.4 is 16.2 Å². The Morgan fingerprint density at radius 1 is 1.14 bits per heavy atom. The smallest absolute Gasteiger partial charge is 0.276 e. The Morgan fingerprint density at radius 2 is 2.03 bits per heavy atom. The Kier molecular flexibility index (Phi) is 4.73. The fourth-order valence-corrected chi connectivity index (χ4v) is 4.02. The number of benzene rings is 1. The maximum absolute atomic E-state index is 13.2. The van der Waals surface area contributed by atoms with E-state index in [0.29, 0.717) is 19.0 Å². The van der Waals surface area contributed by atoms with Crippen molar-refractivity contribution in [3.8, 4) is 0 Å². The van der Waals surface area contributed by atoms with Crippen molar-refractivity contribution in [1.29, 1.82) is 0 Å². The average molecular weight is 388 g/mol. The molecule has 7 nitrogen and oxygen atoms in total. The number of imidazole rings is 1. The van der Waals surface area contributed by atoms with E-state index in [4.69, 9.17) is 0 Å². The normalized spacial score (nSPS) is 15.2. The number of fused-ring (bicyclic) bond motifs is 2. The molecule has 0 saturated carbocycles. The molecule has 0 amide bonds. The summed E-state index contributed by atoms with van der Waals surface area (Å²) in [5, 5.41) is 12.9. The molecular weight excluding hydrogens is 364 g/mol. The maximum Gasteiger partial charge on any atom is 0.276 e. The Bertz CT molecular complexity index is 1170. The largest absolute Gasteiger partial charge is 0.382 e. The minimum Gasteiger partial charge on any atom is -0.382 e. The summed E-state index contributed by atoms with van der Waals surface area (Å²) in [5.74, 6) is 0. The summed E-state index contributed by atoms with van der Waals surface area (Å²) in [6.45, 7) is 2.51. The van der Waals surface area contributed by atoms with Gasteiger partial charge >= 0.3 is 0 Å². The first-order valence-electron chi connectivity index (χ1n) is 10.2. The highest BCUT2D eigenvalue weighted by Crippen LogP contribution is 2.22. The highest BCUT2D eigenvalue weighted by molar-refractivity contribution is 5.92. The van der Waals surface area contributed by atoms with Crippen molar-refractivity contribution in [1.82, 2.24) is 24.5 Å². The van der Waals surface area contributed by atoms with Crippen molar-refractivity contribution in [2.75, 3.05) is 18.4 Å². The molecule has 4 heterocycles. The third-order valence-electron chi connectivity index (χ3n) is 5.57. The van der Waals surface area contributed by atoms with Gasteiger partial charge in [0.15, 0.2) is 0 Å². The number of aromatic nitrogens is 4. The van der Waals surface area contributed by atoms with Gasteiger partial charge in [0.25, 0.3) is 5.56 Å². The van der Waals surface area contributed by atoms with Gasteiger partial charge in [-0.05, 0) is 44.1 Å². The topological polar surface area (TPSA) is 76.2 Å². The lowest BCUT2D eigenvalue weighted by Gasteiger charge is -2.25. The van der Waals surface area contributed by atoms with E-state index in [9.17, 15) is 4.79 Å². The molecule has 3 aromatic heterocycles. The van der Waals surface area contributed by atoms with E-state index < -0.39 is 0 Å². The molecular formula is C22H24N6O. The highest BCUT2D eigenvalue weighted by atomic mass is 16.1. The van der Waals surface area contributed by atoms with Crippen LogP contribution in [-0.2, 0) is 13.0 Å². The van der Waals surface area contributed by atoms with Crippen LogP contribution in [0.5, 0.6) is 0 Å². The third kappa shape index (κ3) is 3.61. The van der Waals surface area contributed by atoms with Crippen molar-refractivity contribution in [2.24, 2.45) is 0 Å². The van der Waals surface area contributed by atoms with Crippen molar-refractivity contribution >= 4 is 22.1 Å². The lowest BCUT2D eigenvalue weighted by atomic mass is 10.1. The van der Waals surface area contributed by atoms with Crippen LogP contribution in [0.25, 0.3) is 16.4 Å². The monoisotopic (exact) mass is 388 g/mol. The van der Waals surface area contributed by atoms with Gasteiger partial charge in [-0.3, -0.25) is 4.79 Å². The molecule has 1 aromatic carbocycles. The van der Waals surface area contributed by atoms with E-state index in [1.807, 2.05) is 53.2 Å². The molecule has 1 aliphatic rings. The summed E-state index contributed by atoms with van der Waals surface area (Å²) in [4.78, 5) is 17.8. The predicted octanol–water partition coefficient (Wildman–Crippen LogP) is 2.45. The zero-order chi connectivity index (χ0) is 19.6. The number of aryl methyl sites for hydroxylation is 2. The van der Waals surface area contributed by atoms with E-state index in [-0.39, 0.29) is 5.56 Å². The van der Waals surface area contributed by atoms with Gasteiger partial charge in [-0.2, -0.15) is 5.10 Å². The van der Waals surface area contributed by atoms with Crippen LogP contribution in [0, 0.1) is 0 Å². The van der Waals surface area contributed by atoms with Gasteiger partial charge in [0, 0.05) is 35.9 Å². The molecule has 5 rings (SSSR count). The predicted molar refractivity (Wildman–Crippen MR) is 114 cm³/mol. The van der Waals surface area contributed by atoms with Crippen LogP contribution in [0.1, 0.15) is 18.5 Å². The van der Waals surface area contributed by atoms with E-state index in [0.717, 1.165) is 53.7 Å². The van der Waals surface area contributed by atoms with E-state index in [1.54, 1.807) is 10.9 Å². The first kappa shape index (κ1) is 17.9. The van der Waals surface area contributed by atoms with Gasteiger partial charge in [-0.15, -0.1) is 0 Å². The Balaban J connectivity index is 1.42. The minimum absolute atomic E-state index is 0.0525. The number of nitrogens with zero attached hydrogens (tertiary/aromatic N) is 4. The number of hydrogen-bond acceptors (Lipinski definition) is 5. The summed E-state index contributed by atoms with van der Waals surface area (Å²) in [6, 6.07) is 12.2. The molecule has 1 saturated heterocycles. The quantitative estimate of drug-likeness (QED) is 0.549. The van der Waals surface area contributed by atoms with Gasteiger partial charge in [0.2, 0.25) is 0 Å². The molecule has 2 N–H and O–H groups in total. The molecule has 0 atom stereocenters. The lowest BCUT2D eigenvalue weighted by molar-refractivity contribution is 0.479. The van der Waals surface area contributed by atoms with Gasteiger partial charge in [-0.25, -0.2) is 9.67 Å². The molecule has 29 heavy (non-hydrogen) atoms. The average Bonchev–Trinajstić information content (AvgIpc) is 3.17. The van der Waals surface area contributed by atoms with Crippen LogP contribution >= 0.6 is 0 Å². The van der Waals surface area contributed by atoms with Gasteiger partial charge in [0.1, 0.15) is 5.65 Å². The molecule has 0 bridgehead atoms. The number of rotatable bonds is 5. The second-order valence-electron chi connectivity index (χ2n) is 7.56. The Labute approximate surface area is 168 Å². The molecule has 0 spiro atoms. The lowest BCUT2D eigenvalue weighted by Crippen LogP contribution is -2.35. The standard InChI is InChI=1S/C22H24N6O/c29-22-21-16(4-3-5-19(21)25-17-7-10-23-11-8-17)14-24-28(22)13-9-18-15-27-12-2-1-6-20(27)26-18/h1-6,12,14-15,17,23,25H,7-11,13H2. The number of pyridine rings is 1. The summed E-state index contributed by atoms with van der Waals surface area (Å²) in [5.41, 5.74) is 2.72. The number of anilines is 1. The molecule has 1 fully saturated rings. The van der Waals surface area contributed by atoms with E-state index in [2.05, 4.69) is 20.7 Å². The van der Waals surface area contributed by atoms with Gasteiger partial charge < -0.3 is 15.0 Å². The molecule has 1 aliphatic heterocycles. The minimum atomic E-state index is -0.0525. The van der Waals surface area contributed by atoms with E-state index in [1.165, 1.54) is 0 Å². The van der Waals surface area contributed by atoms with E-state index >= 15 is 0 Å². The third-order valence-corrected chi connectivity index (χ3v) is 5.57. The van der Waals surface area contributed by atoms with Crippen molar-refractivity contribution in [3.63, 3.8) is 0 Å². The second kappa shape index (κ2) is 7.67. The number of piperidine rings is 1. The molecule has 4 aromatic rings. The summed E-state index contributed by atoms with van der Waals surface area (Å²) in [7, 11) is 0. The fourth-order valence-electron chi connectivity index (χ4n) is 4.02. The Morgan fingerprint density at radius 3 is 2.90 bits per heavy atom. The molecule has 148 valence electrons. The van der Waals surface area contributed by atoms with Crippen LogP contribution in [0.4, 0.5) is 5.69 Å². The SMILES string of the molecule is O=c1c2c(NC3CCNCC3)cccc2cnn1CCc1cn2ccccc2n1. The van der Waals surface area contributed by atoms with Crippen molar-refractivity contribution < 1.29 is 0 Å². The van der Waals surface area contributed by atoms with Crippen molar-refractivity contribution in [3.05, 3.63) is 71.0 Å². The maximum atomic E-state index is 13.2. The van der Waals surface area contributed by atoms with Crippen molar-refractivity contribution in [2.45, 2.75) is 31.8 Å². The summed E-state index contributed by atoms with van der Waals surface area (Å²) < 4.78 is 3.55.